The zero-order valence-electron chi connectivity index (χ0n) is 17.0. The molecule has 2 saturated carbocycles. The molecule has 0 aliphatic heterocycles. The summed E-state index contributed by atoms with van der Waals surface area (Å²) in [4.78, 5) is 0. The van der Waals surface area contributed by atoms with E-state index in [1.807, 2.05) is 0 Å². The molecule has 0 aromatic heterocycles. The fourth-order valence-corrected chi connectivity index (χ4v) is 5.35. The molecular weight excluding hydrogens is 379 g/mol. The summed E-state index contributed by atoms with van der Waals surface area (Å²) < 4.78 is 13.5. The summed E-state index contributed by atoms with van der Waals surface area (Å²) in [6, 6.07) is 13.4. The number of hydrogen-bond acceptors (Lipinski definition) is 0. The Morgan fingerprint density at radius 1 is 0.897 bits per heavy atom. The Morgan fingerprint density at radius 2 is 1.59 bits per heavy atom. The van der Waals surface area contributed by atoms with Gasteiger partial charge in [0.15, 0.2) is 0 Å². The van der Waals surface area contributed by atoms with Crippen LogP contribution >= 0.6 is 11.6 Å². The highest BCUT2D eigenvalue weighted by Gasteiger charge is 2.35. The van der Waals surface area contributed by atoms with Crippen molar-refractivity contribution in [2.45, 2.75) is 51.4 Å². The highest BCUT2D eigenvalue weighted by atomic mass is 35.5. The summed E-state index contributed by atoms with van der Waals surface area (Å²) in [5.41, 5.74) is 3.05. The van der Waals surface area contributed by atoms with E-state index in [2.05, 4.69) is 55.2 Å². The van der Waals surface area contributed by atoms with Crippen molar-refractivity contribution in [3.05, 3.63) is 82.1 Å². The summed E-state index contributed by atoms with van der Waals surface area (Å²) in [5, 5.41) is 0.130. The second kappa shape index (κ2) is 9.19. The van der Waals surface area contributed by atoms with Crippen molar-refractivity contribution in [2.24, 2.45) is 17.8 Å². The molecule has 0 radical (unpaired) electrons. The van der Waals surface area contributed by atoms with E-state index < -0.39 is 5.82 Å². The largest absolute Gasteiger partial charge is 0.205 e. The molecule has 150 valence electrons. The summed E-state index contributed by atoms with van der Waals surface area (Å²) in [6.45, 7) is 2.14. The number of halogens is 2. The van der Waals surface area contributed by atoms with Gasteiger partial charge in [-0.1, -0.05) is 47.7 Å². The molecule has 0 amide bonds. The van der Waals surface area contributed by atoms with Gasteiger partial charge in [0.25, 0.3) is 0 Å². The summed E-state index contributed by atoms with van der Waals surface area (Å²) >= 11 is 5.73. The minimum Gasteiger partial charge on any atom is -0.205 e. The van der Waals surface area contributed by atoms with E-state index in [0.717, 1.165) is 23.3 Å². The molecule has 2 aromatic carbocycles. The second-order valence-electron chi connectivity index (χ2n) is 8.63. The van der Waals surface area contributed by atoms with Crippen molar-refractivity contribution in [1.82, 2.24) is 0 Å². The Labute approximate surface area is 179 Å². The van der Waals surface area contributed by atoms with Crippen LogP contribution in [0, 0.1) is 35.4 Å². The number of fused-ring (bicyclic) bond motifs is 1. The van der Waals surface area contributed by atoms with Crippen LogP contribution in [-0.4, -0.2) is 0 Å². The minimum atomic E-state index is -0.427. The van der Waals surface area contributed by atoms with Gasteiger partial charge in [-0.2, -0.15) is 0 Å². The third kappa shape index (κ3) is 4.93. The molecule has 2 heteroatoms. The summed E-state index contributed by atoms with van der Waals surface area (Å²) in [7, 11) is 0. The van der Waals surface area contributed by atoms with E-state index in [1.165, 1.54) is 50.2 Å². The Kier molecular flexibility index (Phi) is 6.41. The standard InChI is InChI=1S/C27H28ClF/c1-2-3-20-8-12-25-18-24(14-13-23(25)16-20)22-10-6-19(7-11-22)4-5-21-9-15-26(28)27(29)17-21/h2-3,6-7,9-11,15,17,20,23-25H,8,12-14,16,18H2,1H3/b3-2+. The zero-order chi connectivity index (χ0) is 20.2. The Hall–Kier alpha value is -2.04. The van der Waals surface area contributed by atoms with Gasteiger partial charge in [0, 0.05) is 11.1 Å². The molecule has 2 aromatic rings. The van der Waals surface area contributed by atoms with E-state index in [4.69, 9.17) is 11.6 Å². The Morgan fingerprint density at radius 3 is 2.34 bits per heavy atom. The minimum absolute atomic E-state index is 0.130. The van der Waals surface area contributed by atoms with Crippen molar-refractivity contribution in [2.75, 3.05) is 0 Å². The highest BCUT2D eigenvalue weighted by Crippen LogP contribution is 2.47. The first-order valence-corrected chi connectivity index (χ1v) is 11.2. The molecule has 0 spiro atoms. The monoisotopic (exact) mass is 406 g/mol. The molecule has 2 aliphatic rings. The molecule has 0 nitrogen and oxygen atoms in total. The van der Waals surface area contributed by atoms with Crippen LogP contribution in [0.25, 0.3) is 0 Å². The van der Waals surface area contributed by atoms with E-state index >= 15 is 0 Å². The van der Waals surface area contributed by atoms with Crippen molar-refractivity contribution in [3.63, 3.8) is 0 Å². The summed E-state index contributed by atoms with van der Waals surface area (Å²) in [6.07, 6.45) is 12.8. The highest BCUT2D eigenvalue weighted by molar-refractivity contribution is 6.30. The molecule has 29 heavy (non-hydrogen) atoms. The average molecular weight is 407 g/mol. The van der Waals surface area contributed by atoms with Crippen molar-refractivity contribution < 1.29 is 4.39 Å². The molecule has 0 N–H and O–H groups in total. The van der Waals surface area contributed by atoms with Crippen molar-refractivity contribution >= 4 is 11.6 Å². The fourth-order valence-electron chi connectivity index (χ4n) is 5.23. The van der Waals surface area contributed by atoms with Crippen LogP contribution in [0.5, 0.6) is 0 Å². The van der Waals surface area contributed by atoms with Crippen LogP contribution in [0.3, 0.4) is 0 Å². The molecule has 0 heterocycles. The van der Waals surface area contributed by atoms with Gasteiger partial charge >= 0.3 is 0 Å². The Balaban J connectivity index is 1.39. The van der Waals surface area contributed by atoms with Gasteiger partial charge in [0.05, 0.1) is 5.02 Å². The lowest BCUT2D eigenvalue weighted by Gasteiger charge is -2.41. The van der Waals surface area contributed by atoms with Gasteiger partial charge in [-0.3, -0.25) is 0 Å². The Bertz CT molecular complexity index is 931. The first kappa shape index (κ1) is 20.2. The number of hydrogen-bond donors (Lipinski definition) is 0. The lowest BCUT2D eigenvalue weighted by molar-refractivity contribution is 0.133. The number of rotatable bonds is 2. The smallest absolute Gasteiger partial charge is 0.143 e. The van der Waals surface area contributed by atoms with Gasteiger partial charge in [-0.05, 0) is 105 Å². The normalized spacial score (nSPS) is 26.6. The van der Waals surface area contributed by atoms with Crippen molar-refractivity contribution in [1.29, 1.82) is 0 Å². The molecule has 0 saturated heterocycles. The van der Waals surface area contributed by atoms with Gasteiger partial charge < -0.3 is 0 Å². The summed E-state index contributed by atoms with van der Waals surface area (Å²) in [5.74, 6) is 9.04. The molecule has 2 aliphatic carbocycles. The van der Waals surface area contributed by atoms with E-state index in [0.29, 0.717) is 11.5 Å². The third-order valence-corrected chi connectivity index (χ3v) is 7.08. The maximum absolute atomic E-state index is 13.5. The van der Waals surface area contributed by atoms with Crippen LogP contribution < -0.4 is 0 Å². The van der Waals surface area contributed by atoms with Crippen LogP contribution in [0.2, 0.25) is 5.02 Å². The molecular formula is C27H28ClF. The maximum Gasteiger partial charge on any atom is 0.143 e. The average Bonchev–Trinajstić information content (AvgIpc) is 2.75. The molecule has 4 unspecified atom stereocenters. The number of allylic oxidation sites excluding steroid dienone is 2. The first-order valence-electron chi connectivity index (χ1n) is 10.8. The quantitative estimate of drug-likeness (QED) is 0.353. The molecule has 4 rings (SSSR count). The van der Waals surface area contributed by atoms with Crippen molar-refractivity contribution in [3.8, 4) is 11.8 Å². The van der Waals surface area contributed by atoms with Gasteiger partial charge in [0.2, 0.25) is 0 Å². The SMILES string of the molecule is C/C=C/C1CCC2CC(c3ccc(C#Cc4ccc(Cl)c(F)c4)cc3)CCC2C1. The first-order chi connectivity index (χ1) is 14.1. The van der Waals surface area contributed by atoms with Crippen LogP contribution in [0.1, 0.15) is 68.1 Å². The fraction of sp³-hybridized carbons (Fsp3) is 0.407. The van der Waals surface area contributed by atoms with Crippen LogP contribution in [-0.2, 0) is 0 Å². The number of benzene rings is 2. The van der Waals surface area contributed by atoms with Gasteiger partial charge in [-0.25, -0.2) is 4.39 Å². The molecule has 0 bridgehead atoms. The maximum atomic E-state index is 13.5. The van der Waals surface area contributed by atoms with Gasteiger partial charge in [-0.15, -0.1) is 0 Å². The zero-order valence-corrected chi connectivity index (χ0v) is 17.8. The van der Waals surface area contributed by atoms with E-state index in [1.54, 1.807) is 12.1 Å². The molecule has 4 atom stereocenters. The second-order valence-corrected chi connectivity index (χ2v) is 9.04. The lowest BCUT2D eigenvalue weighted by atomic mass is 9.64. The van der Waals surface area contributed by atoms with Gasteiger partial charge in [0.1, 0.15) is 5.82 Å². The van der Waals surface area contributed by atoms with Crippen LogP contribution in [0.15, 0.2) is 54.6 Å². The lowest BCUT2D eigenvalue weighted by Crippen LogP contribution is -2.30. The topological polar surface area (TPSA) is 0 Å². The predicted octanol–water partition coefficient (Wildman–Crippen LogP) is 7.76. The third-order valence-electron chi connectivity index (χ3n) is 6.77. The molecule has 2 fully saturated rings. The van der Waals surface area contributed by atoms with E-state index in [9.17, 15) is 4.39 Å². The van der Waals surface area contributed by atoms with E-state index in [-0.39, 0.29) is 5.02 Å². The predicted molar refractivity (Wildman–Crippen MR) is 120 cm³/mol. The van der Waals surface area contributed by atoms with Crippen LogP contribution in [0.4, 0.5) is 4.39 Å².